The van der Waals surface area contributed by atoms with E-state index in [2.05, 4.69) is 53.3 Å². The Morgan fingerprint density at radius 1 is 1.03 bits per heavy atom. The smallest absolute Gasteiger partial charge is 0.254 e. The minimum Gasteiger partial charge on any atom is -0.336 e. The number of hydrogen-bond donors (Lipinski definition) is 0. The molecule has 2 aromatic carbocycles. The Morgan fingerprint density at radius 2 is 1.83 bits per heavy atom. The molecule has 1 aliphatic rings. The third-order valence-corrected chi connectivity index (χ3v) is 5.86. The van der Waals surface area contributed by atoms with Crippen molar-refractivity contribution in [2.24, 2.45) is 0 Å². The number of likely N-dealkylation sites (tertiary alicyclic amines) is 1. The molecule has 150 valence electrons. The molecule has 0 aliphatic carbocycles. The second-order valence-electron chi connectivity index (χ2n) is 8.10. The van der Waals surface area contributed by atoms with Gasteiger partial charge in [-0.05, 0) is 68.9 Å². The highest BCUT2D eigenvalue weighted by Crippen LogP contribution is 2.24. The van der Waals surface area contributed by atoms with Crippen LogP contribution in [0.4, 0.5) is 0 Å². The number of benzene rings is 2. The average molecular weight is 388 g/mol. The van der Waals surface area contributed by atoms with E-state index in [0.29, 0.717) is 12.6 Å². The number of carbonyl (C=O) groups excluding carboxylic acids is 1. The van der Waals surface area contributed by atoms with E-state index < -0.39 is 0 Å². The average Bonchev–Trinajstić information content (AvgIpc) is 3.32. The number of amides is 1. The molecule has 0 radical (unpaired) electrons. The summed E-state index contributed by atoms with van der Waals surface area (Å²) in [7, 11) is 0. The summed E-state index contributed by atoms with van der Waals surface area (Å²) in [6, 6.07) is 21.0. The molecule has 1 aromatic heterocycles. The van der Waals surface area contributed by atoms with Gasteiger partial charge < -0.3 is 4.90 Å². The van der Waals surface area contributed by atoms with E-state index in [4.69, 9.17) is 0 Å². The molecule has 4 nitrogen and oxygen atoms in total. The van der Waals surface area contributed by atoms with Crippen molar-refractivity contribution in [1.29, 1.82) is 0 Å². The summed E-state index contributed by atoms with van der Waals surface area (Å²) >= 11 is 0. The first-order valence-electron chi connectivity index (χ1n) is 10.5. The number of hydrogen-bond acceptors (Lipinski definition) is 2. The molecule has 1 unspecified atom stereocenters. The van der Waals surface area contributed by atoms with Crippen molar-refractivity contribution in [3.63, 3.8) is 0 Å². The summed E-state index contributed by atoms with van der Waals surface area (Å²) in [6.07, 6.45) is 4.25. The molecule has 0 saturated carbocycles. The van der Waals surface area contributed by atoms with Gasteiger partial charge in [0.1, 0.15) is 0 Å². The van der Waals surface area contributed by atoms with Crippen LogP contribution in [0.2, 0.25) is 0 Å². The van der Waals surface area contributed by atoms with Crippen molar-refractivity contribution < 1.29 is 4.79 Å². The summed E-state index contributed by atoms with van der Waals surface area (Å²) in [6.45, 7) is 5.63. The Kier molecular flexibility index (Phi) is 5.79. The number of carbonyl (C=O) groups is 1. The van der Waals surface area contributed by atoms with Crippen LogP contribution in [0, 0.1) is 13.8 Å². The zero-order valence-electron chi connectivity index (χ0n) is 17.3. The summed E-state index contributed by atoms with van der Waals surface area (Å²) in [4.78, 5) is 15.3. The lowest BCUT2D eigenvalue weighted by atomic mass is 10.0. The topological polar surface area (TPSA) is 38.1 Å². The van der Waals surface area contributed by atoms with Crippen LogP contribution in [0.5, 0.6) is 0 Å². The molecule has 2 heterocycles. The molecular weight excluding hydrogens is 358 g/mol. The minimum atomic E-state index is 0.163. The van der Waals surface area contributed by atoms with Gasteiger partial charge in [-0.2, -0.15) is 5.10 Å². The molecule has 4 rings (SSSR count). The predicted molar refractivity (Wildman–Crippen MR) is 116 cm³/mol. The Labute approximate surface area is 173 Å². The van der Waals surface area contributed by atoms with Gasteiger partial charge in [-0.1, -0.05) is 42.5 Å². The van der Waals surface area contributed by atoms with Crippen LogP contribution in [0.1, 0.15) is 52.1 Å². The van der Waals surface area contributed by atoms with Crippen molar-refractivity contribution in [2.45, 2.75) is 52.1 Å². The Hall–Kier alpha value is -2.88. The van der Waals surface area contributed by atoms with Gasteiger partial charge in [-0.15, -0.1) is 0 Å². The first-order valence-corrected chi connectivity index (χ1v) is 10.5. The van der Waals surface area contributed by atoms with Crippen LogP contribution in [0.3, 0.4) is 0 Å². The van der Waals surface area contributed by atoms with Crippen molar-refractivity contribution in [1.82, 2.24) is 14.7 Å². The van der Waals surface area contributed by atoms with E-state index in [1.165, 1.54) is 5.56 Å². The highest BCUT2D eigenvalue weighted by Gasteiger charge is 2.29. The molecule has 4 heteroatoms. The van der Waals surface area contributed by atoms with Gasteiger partial charge in [0.05, 0.1) is 12.2 Å². The monoisotopic (exact) mass is 387 g/mol. The van der Waals surface area contributed by atoms with E-state index in [-0.39, 0.29) is 5.91 Å². The quantitative estimate of drug-likeness (QED) is 0.610. The second kappa shape index (κ2) is 8.64. The largest absolute Gasteiger partial charge is 0.336 e. The highest BCUT2D eigenvalue weighted by molar-refractivity contribution is 5.94. The molecule has 1 saturated heterocycles. The zero-order chi connectivity index (χ0) is 20.2. The normalized spacial score (nSPS) is 16.3. The Bertz CT molecular complexity index is 977. The fourth-order valence-electron chi connectivity index (χ4n) is 4.36. The van der Waals surface area contributed by atoms with Gasteiger partial charge in [-0.25, -0.2) is 0 Å². The Balaban J connectivity index is 1.44. The summed E-state index contributed by atoms with van der Waals surface area (Å²) in [5.74, 6) is 0.163. The van der Waals surface area contributed by atoms with Gasteiger partial charge >= 0.3 is 0 Å². The maximum absolute atomic E-state index is 13.2. The number of aryl methyl sites for hydroxylation is 3. The number of aromatic nitrogens is 2. The molecule has 0 spiro atoms. The van der Waals surface area contributed by atoms with Crippen molar-refractivity contribution in [3.05, 3.63) is 88.7 Å². The summed E-state index contributed by atoms with van der Waals surface area (Å²) < 4.78 is 2.00. The van der Waals surface area contributed by atoms with Crippen LogP contribution in [0.15, 0.2) is 60.7 Å². The van der Waals surface area contributed by atoms with Crippen molar-refractivity contribution in [3.8, 4) is 0 Å². The van der Waals surface area contributed by atoms with Crippen LogP contribution < -0.4 is 0 Å². The first kappa shape index (κ1) is 19.4. The van der Waals surface area contributed by atoms with E-state index in [1.54, 1.807) is 0 Å². The summed E-state index contributed by atoms with van der Waals surface area (Å²) in [5.41, 5.74) is 5.41. The molecule has 0 bridgehead atoms. The lowest BCUT2D eigenvalue weighted by Gasteiger charge is -2.25. The third-order valence-electron chi connectivity index (χ3n) is 5.86. The van der Waals surface area contributed by atoms with Crippen molar-refractivity contribution in [2.75, 3.05) is 6.54 Å². The van der Waals surface area contributed by atoms with Crippen LogP contribution in [-0.2, 0) is 13.0 Å². The molecule has 29 heavy (non-hydrogen) atoms. The minimum absolute atomic E-state index is 0.163. The third kappa shape index (κ3) is 4.58. The van der Waals surface area contributed by atoms with E-state index >= 15 is 0 Å². The van der Waals surface area contributed by atoms with E-state index in [9.17, 15) is 4.79 Å². The van der Waals surface area contributed by atoms with Crippen LogP contribution in [0.25, 0.3) is 0 Å². The van der Waals surface area contributed by atoms with Crippen molar-refractivity contribution >= 4 is 5.91 Å². The van der Waals surface area contributed by atoms with E-state index in [0.717, 1.165) is 54.7 Å². The van der Waals surface area contributed by atoms with E-state index in [1.807, 2.05) is 35.9 Å². The van der Waals surface area contributed by atoms with Gasteiger partial charge in [0.15, 0.2) is 0 Å². The van der Waals surface area contributed by atoms with Gasteiger partial charge in [-0.3, -0.25) is 9.48 Å². The maximum Gasteiger partial charge on any atom is 0.254 e. The first-order chi connectivity index (χ1) is 14.1. The molecule has 1 atom stereocenters. The SMILES string of the molecule is Cc1cc(C)n(Cc2cccc(C(=O)N3CCCC3CCc3ccccc3)c2)n1. The van der Waals surface area contributed by atoms with Gasteiger partial charge in [0, 0.05) is 23.8 Å². The molecule has 1 fully saturated rings. The summed E-state index contributed by atoms with van der Waals surface area (Å²) in [5, 5.41) is 4.54. The van der Waals surface area contributed by atoms with Gasteiger partial charge in [0.25, 0.3) is 5.91 Å². The van der Waals surface area contributed by atoms with Crippen LogP contribution >= 0.6 is 0 Å². The lowest BCUT2D eigenvalue weighted by molar-refractivity contribution is 0.0730. The number of rotatable bonds is 6. The highest BCUT2D eigenvalue weighted by atomic mass is 16.2. The standard InChI is InChI=1S/C25H29N3O/c1-19-16-20(2)28(26-19)18-22-10-6-11-23(17-22)25(29)27-15-7-12-24(27)14-13-21-8-4-3-5-9-21/h3-6,8-11,16-17,24H,7,12-15,18H2,1-2H3. The molecule has 1 aliphatic heterocycles. The molecule has 3 aromatic rings. The van der Waals surface area contributed by atoms with Gasteiger partial charge in [0.2, 0.25) is 0 Å². The Morgan fingerprint density at radius 3 is 2.59 bits per heavy atom. The number of nitrogens with zero attached hydrogens (tertiary/aromatic N) is 3. The fraction of sp³-hybridized carbons (Fsp3) is 0.360. The van der Waals surface area contributed by atoms with Crippen LogP contribution in [-0.4, -0.2) is 33.2 Å². The molecule has 0 N–H and O–H groups in total. The second-order valence-corrected chi connectivity index (χ2v) is 8.10. The molecule has 1 amide bonds. The fourth-order valence-corrected chi connectivity index (χ4v) is 4.36. The maximum atomic E-state index is 13.2. The molecular formula is C25H29N3O. The zero-order valence-corrected chi connectivity index (χ0v) is 17.3. The predicted octanol–water partition coefficient (Wildman–Crippen LogP) is 4.79. The lowest BCUT2D eigenvalue weighted by Crippen LogP contribution is -2.35.